The number of fused-ring (bicyclic) bond motifs is 3. The zero-order valence-corrected chi connectivity index (χ0v) is 33.9. The summed E-state index contributed by atoms with van der Waals surface area (Å²) in [6.45, 7) is 25.7. The van der Waals surface area contributed by atoms with Crippen LogP contribution in [-0.2, 0) is 43.0 Å². The summed E-state index contributed by atoms with van der Waals surface area (Å²) in [6, 6.07) is -6.88. The molecule has 17 heteroatoms. The minimum Gasteiger partial charge on any atom is -0.412 e. The number of amides is 6. The predicted molar refractivity (Wildman–Crippen MR) is 193 cm³/mol. The molecule has 4 saturated heterocycles. The molecule has 0 bridgehead atoms. The lowest BCUT2D eigenvalue weighted by molar-refractivity contribution is -0.158. The van der Waals surface area contributed by atoms with E-state index in [0.29, 0.717) is 0 Å². The van der Waals surface area contributed by atoms with Gasteiger partial charge in [-0.15, -0.1) is 0 Å². The third-order valence-corrected chi connectivity index (χ3v) is 10.5. The number of hydrogen-bond acceptors (Lipinski definition) is 9. The van der Waals surface area contributed by atoms with Crippen molar-refractivity contribution in [2.45, 2.75) is 176 Å². The molecule has 0 spiro atoms. The molecule has 7 N–H and O–H groups in total. The SMILES string of the molecule is CC(C)[C@@H]1NC(=O)[C@@H]2[C@@H](C)OC(C)(C)N2C(=O)[C@H](C(C)C)NC(=O)[C@@H]2[C@@H](C)OC(C)(C)N2C(=O)[C@H](C(C)C)NC(=O)[C@@H]2[C@@H](C)OC(C)(C)N2C1=O.O.O. The molecule has 0 radical (unpaired) electrons. The highest BCUT2D eigenvalue weighted by molar-refractivity contribution is 5.99. The molecule has 4 rings (SSSR count). The maximum atomic E-state index is 14.6. The van der Waals surface area contributed by atoms with E-state index in [1.807, 2.05) is 0 Å². The number of carbonyl (C=O) groups excluding carboxylic acids is 6. The Morgan fingerprint density at radius 2 is 0.642 bits per heavy atom. The van der Waals surface area contributed by atoms with Crippen molar-refractivity contribution in [3.63, 3.8) is 0 Å². The second kappa shape index (κ2) is 15.8. The quantitative estimate of drug-likeness (QED) is 0.346. The highest BCUT2D eigenvalue weighted by Crippen LogP contribution is 2.38. The topological polar surface area (TPSA) is 239 Å². The van der Waals surface area contributed by atoms with Crippen LogP contribution in [0.1, 0.15) is 104 Å². The van der Waals surface area contributed by atoms with Gasteiger partial charge in [-0.3, -0.25) is 43.5 Å². The normalized spacial score (nSPS) is 34.8. The maximum Gasteiger partial charge on any atom is 0.248 e. The summed E-state index contributed by atoms with van der Waals surface area (Å²) >= 11 is 0. The first-order valence-corrected chi connectivity index (χ1v) is 18.2. The van der Waals surface area contributed by atoms with Crippen molar-refractivity contribution in [2.24, 2.45) is 17.8 Å². The van der Waals surface area contributed by atoms with Gasteiger partial charge in [-0.05, 0) is 80.1 Å². The van der Waals surface area contributed by atoms with Gasteiger partial charge < -0.3 is 41.1 Å². The Balaban J connectivity index is 0.00000486. The number of ether oxygens (including phenoxy) is 3. The van der Waals surface area contributed by atoms with Crippen LogP contribution in [0.2, 0.25) is 0 Å². The van der Waals surface area contributed by atoms with Crippen LogP contribution in [0.4, 0.5) is 0 Å². The minimum atomic E-state index is -1.27. The van der Waals surface area contributed by atoms with Crippen LogP contribution in [0.25, 0.3) is 0 Å². The molecule has 0 aromatic heterocycles. The number of hydrogen-bond donors (Lipinski definition) is 3. The van der Waals surface area contributed by atoms with Crippen LogP contribution < -0.4 is 16.0 Å². The molecule has 4 fully saturated rings. The second-order valence-corrected chi connectivity index (χ2v) is 17.0. The molecule has 4 heterocycles. The van der Waals surface area contributed by atoms with Crippen molar-refractivity contribution in [3.05, 3.63) is 0 Å². The molecule has 9 atom stereocenters. The van der Waals surface area contributed by atoms with Crippen molar-refractivity contribution in [2.75, 3.05) is 0 Å². The summed E-state index contributed by atoms with van der Waals surface area (Å²) in [4.78, 5) is 90.8. The van der Waals surface area contributed by atoms with Gasteiger partial charge in [0.2, 0.25) is 35.4 Å². The maximum absolute atomic E-state index is 14.6. The fraction of sp³-hybridized carbons (Fsp3) is 0.833. The molecule has 17 nitrogen and oxygen atoms in total. The number of nitrogens with one attached hydrogen (secondary N) is 3. The summed E-state index contributed by atoms with van der Waals surface area (Å²) in [5, 5.41) is 8.66. The summed E-state index contributed by atoms with van der Waals surface area (Å²) in [5.41, 5.74) is -3.80. The molecular formula is C36H64N6O11. The summed E-state index contributed by atoms with van der Waals surface area (Å²) < 4.78 is 18.5. The van der Waals surface area contributed by atoms with Gasteiger partial charge in [0.25, 0.3) is 0 Å². The van der Waals surface area contributed by atoms with Crippen molar-refractivity contribution in [1.82, 2.24) is 30.7 Å². The van der Waals surface area contributed by atoms with Crippen molar-refractivity contribution in [3.8, 4) is 0 Å². The zero-order valence-electron chi connectivity index (χ0n) is 33.9. The Bertz CT molecular complexity index is 1270. The van der Waals surface area contributed by atoms with Gasteiger partial charge in [0, 0.05) is 0 Å². The van der Waals surface area contributed by atoms with Crippen LogP contribution in [0.5, 0.6) is 0 Å². The van der Waals surface area contributed by atoms with Gasteiger partial charge in [0.05, 0.1) is 18.3 Å². The molecule has 0 aromatic rings. The minimum absolute atomic E-state index is 0. The largest absolute Gasteiger partial charge is 0.412 e. The van der Waals surface area contributed by atoms with E-state index in [1.54, 1.807) is 104 Å². The molecule has 4 aliphatic rings. The van der Waals surface area contributed by atoms with Gasteiger partial charge in [-0.1, -0.05) is 41.5 Å². The predicted octanol–water partition coefficient (Wildman–Crippen LogP) is -0.171. The monoisotopic (exact) mass is 756 g/mol. The average molecular weight is 757 g/mol. The van der Waals surface area contributed by atoms with Gasteiger partial charge in [-0.2, -0.15) is 0 Å². The summed E-state index contributed by atoms with van der Waals surface area (Å²) in [6.07, 6.45) is -2.34. The standard InChI is InChI=1S/C36H60N6O9.2H2O/c1-16(2)22-31(46)40-26(20(8)49-34(40,10)11)29(44)38-24(18(5)6)33(48)42-27(21(9)51-36(42,14)15)30(45)39-23(17(3)4)32(47)41-25(28(43)37-22)19(7)50-35(41,12)13;;/h16-27H,1-15H3,(H,37,43)(H,38,44)(H,39,45);2*1H2/t19-,20-,21-,22+,23+,24+,25+,26+,27+;;/m1../s1. The van der Waals surface area contributed by atoms with Gasteiger partial charge >= 0.3 is 0 Å². The molecule has 4 aliphatic heterocycles. The molecule has 0 aromatic carbocycles. The first-order chi connectivity index (χ1) is 23.3. The van der Waals surface area contributed by atoms with Crippen molar-refractivity contribution >= 4 is 35.4 Å². The Kier molecular flexibility index (Phi) is 13.6. The highest BCUT2D eigenvalue weighted by Gasteiger charge is 2.58. The lowest BCUT2D eigenvalue weighted by Crippen LogP contribution is -2.67. The lowest BCUT2D eigenvalue weighted by atomic mass is 9.96. The molecule has 53 heavy (non-hydrogen) atoms. The zero-order chi connectivity index (χ0) is 38.9. The Morgan fingerprint density at radius 1 is 0.453 bits per heavy atom. The van der Waals surface area contributed by atoms with E-state index in [2.05, 4.69) is 16.0 Å². The molecule has 304 valence electrons. The van der Waals surface area contributed by atoms with Gasteiger partial charge in [0.1, 0.15) is 53.4 Å². The third-order valence-electron chi connectivity index (χ3n) is 10.5. The fourth-order valence-electron chi connectivity index (χ4n) is 8.27. The Labute approximate surface area is 313 Å². The van der Waals surface area contributed by atoms with E-state index in [9.17, 15) is 28.8 Å². The van der Waals surface area contributed by atoms with E-state index in [-0.39, 0.29) is 11.0 Å². The summed E-state index contributed by atoms with van der Waals surface area (Å²) in [5.74, 6) is -4.85. The smallest absolute Gasteiger partial charge is 0.248 e. The molecule has 0 aliphatic carbocycles. The first kappa shape index (κ1) is 45.8. The van der Waals surface area contributed by atoms with Gasteiger partial charge in [-0.25, -0.2) is 0 Å². The molecular weight excluding hydrogens is 692 g/mol. The number of carbonyl (C=O) groups is 6. The van der Waals surface area contributed by atoms with Crippen molar-refractivity contribution < 1.29 is 53.9 Å². The van der Waals surface area contributed by atoms with Crippen LogP contribution in [-0.4, -0.2) is 133 Å². The fourth-order valence-corrected chi connectivity index (χ4v) is 8.27. The van der Waals surface area contributed by atoms with Crippen LogP contribution >= 0.6 is 0 Å². The van der Waals surface area contributed by atoms with E-state index in [4.69, 9.17) is 14.2 Å². The average Bonchev–Trinajstić information content (AvgIpc) is 3.48. The number of nitrogens with zero attached hydrogens (tertiary/aromatic N) is 3. The first-order valence-electron chi connectivity index (χ1n) is 18.2. The molecule has 0 unspecified atom stereocenters. The Hall–Kier alpha value is -3.38. The lowest BCUT2D eigenvalue weighted by Gasteiger charge is -2.41. The van der Waals surface area contributed by atoms with E-state index >= 15 is 0 Å². The van der Waals surface area contributed by atoms with Crippen LogP contribution in [0.3, 0.4) is 0 Å². The third kappa shape index (κ3) is 8.19. The van der Waals surface area contributed by atoms with Crippen molar-refractivity contribution in [1.29, 1.82) is 0 Å². The van der Waals surface area contributed by atoms with Gasteiger partial charge in [0.15, 0.2) is 0 Å². The number of rotatable bonds is 3. The van der Waals surface area contributed by atoms with E-state index in [0.717, 1.165) is 0 Å². The highest BCUT2D eigenvalue weighted by atomic mass is 16.6. The molecule has 6 amide bonds. The summed E-state index contributed by atoms with van der Waals surface area (Å²) in [7, 11) is 0. The van der Waals surface area contributed by atoms with E-state index in [1.165, 1.54) is 14.7 Å². The van der Waals surface area contributed by atoms with E-state index < -0.39 is 125 Å². The molecule has 0 saturated carbocycles. The van der Waals surface area contributed by atoms with Crippen LogP contribution in [0, 0.1) is 17.8 Å². The second-order valence-electron chi connectivity index (χ2n) is 17.0. The Morgan fingerprint density at radius 3 is 0.811 bits per heavy atom. The van der Waals surface area contributed by atoms with Crippen LogP contribution in [0.15, 0.2) is 0 Å².